The van der Waals surface area contributed by atoms with Crippen LogP contribution in [0.25, 0.3) is 33.3 Å². The van der Waals surface area contributed by atoms with Crippen LogP contribution in [-0.4, -0.2) is 60.6 Å². The van der Waals surface area contributed by atoms with Gasteiger partial charge in [0.1, 0.15) is 18.0 Å². The summed E-state index contributed by atoms with van der Waals surface area (Å²) < 4.78 is 5.80. The molecule has 0 spiro atoms. The Morgan fingerprint density at radius 2 is 1.67 bits per heavy atom. The number of benzene rings is 2. The van der Waals surface area contributed by atoms with Gasteiger partial charge < -0.3 is 25.3 Å². The molecule has 2 aromatic heterocycles. The summed E-state index contributed by atoms with van der Waals surface area (Å²) in [5.41, 5.74) is 11.2. The van der Waals surface area contributed by atoms with E-state index in [0.717, 1.165) is 59.5 Å². The summed E-state index contributed by atoms with van der Waals surface area (Å²) in [6, 6.07) is 18.9. The zero-order valence-corrected chi connectivity index (χ0v) is 21.1. The molecule has 5 rings (SSSR count). The quantitative estimate of drug-likeness (QED) is 0.403. The van der Waals surface area contributed by atoms with Gasteiger partial charge >= 0.3 is 0 Å². The van der Waals surface area contributed by atoms with Crippen LogP contribution in [0.4, 0.5) is 5.69 Å². The number of aromatic nitrogens is 2. The van der Waals surface area contributed by atoms with Crippen molar-refractivity contribution in [2.45, 2.75) is 13.8 Å². The average Bonchev–Trinajstić information content (AvgIpc) is 3.32. The van der Waals surface area contributed by atoms with Crippen LogP contribution < -0.4 is 15.4 Å². The third kappa shape index (κ3) is 4.93. The molecule has 0 aliphatic carbocycles. The number of fused-ring (bicyclic) bond motifs is 1. The van der Waals surface area contributed by atoms with Crippen molar-refractivity contribution in [2.24, 2.45) is 11.1 Å². The molecule has 2 aromatic carbocycles. The standard InChI is InChI=1S/C29H33N5O2/c1-29(2,28(30)35)19-36-24-10-6-21(7-11-24)26-18-32-27-25(26)16-22(17-31-27)20-4-8-23(9-5-20)34-14-12-33(3)13-15-34/h4-11,16-18H,12-15,19H2,1-3H3,(H2,30,35)(H,31,32). The van der Waals surface area contributed by atoms with Crippen molar-refractivity contribution in [3.8, 4) is 28.0 Å². The van der Waals surface area contributed by atoms with Crippen molar-refractivity contribution in [3.05, 3.63) is 67.0 Å². The molecule has 1 aliphatic heterocycles. The number of pyridine rings is 1. The molecule has 186 valence electrons. The number of amides is 1. The minimum absolute atomic E-state index is 0.232. The molecule has 3 heterocycles. The first-order chi connectivity index (χ1) is 17.3. The van der Waals surface area contributed by atoms with Crippen molar-refractivity contribution in [1.82, 2.24) is 14.9 Å². The Bertz CT molecular complexity index is 1350. The van der Waals surface area contributed by atoms with Crippen LogP contribution in [-0.2, 0) is 4.79 Å². The highest BCUT2D eigenvalue weighted by atomic mass is 16.5. The maximum Gasteiger partial charge on any atom is 0.226 e. The number of carbonyl (C=O) groups excluding carboxylic acids is 1. The summed E-state index contributed by atoms with van der Waals surface area (Å²) in [6.45, 7) is 8.09. The van der Waals surface area contributed by atoms with Gasteiger partial charge in [0, 0.05) is 60.8 Å². The van der Waals surface area contributed by atoms with Crippen LogP contribution in [0, 0.1) is 5.41 Å². The van der Waals surface area contributed by atoms with E-state index < -0.39 is 5.41 Å². The lowest BCUT2D eigenvalue weighted by molar-refractivity contribution is -0.127. The molecule has 7 heteroatoms. The second-order valence-corrected chi connectivity index (χ2v) is 10.2. The van der Waals surface area contributed by atoms with Gasteiger partial charge in [-0.3, -0.25) is 4.79 Å². The Kier molecular flexibility index (Phi) is 6.41. The maximum absolute atomic E-state index is 11.5. The van der Waals surface area contributed by atoms with Gasteiger partial charge in [0.15, 0.2) is 0 Å². The molecule has 0 saturated carbocycles. The Morgan fingerprint density at radius 1 is 1.00 bits per heavy atom. The number of nitrogens with two attached hydrogens (primary N) is 1. The minimum atomic E-state index is -0.722. The number of anilines is 1. The second-order valence-electron chi connectivity index (χ2n) is 10.2. The number of H-pyrrole nitrogens is 1. The van der Waals surface area contributed by atoms with Crippen LogP contribution in [0.15, 0.2) is 67.0 Å². The van der Waals surface area contributed by atoms with Gasteiger partial charge in [0.25, 0.3) is 0 Å². The number of ether oxygens (including phenoxy) is 1. The molecule has 7 nitrogen and oxygen atoms in total. The fourth-order valence-corrected chi connectivity index (χ4v) is 4.40. The zero-order chi connectivity index (χ0) is 25.3. The summed E-state index contributed by atoms with van der Waals surface area (Å²) in [5.74, 6) is 0.322. The number of hydrogen-bond donors (Lipinski definition) is 2. The maximum atomic E-state index is 11.5. The molecule has 3 N–H and O–H groups in total. The molecular formula is C29H33N5O2. The Labute approximate surface area is 211 Å². The van der Waals surface area contributed by atoms with E-state index in [9.17, 15) is 4.79 Å². The van der Waals surface area contributed by atoms with Crippen LogP contribution in [0.1, 0.15) is 13.8 Å². The van der Waals surface area contributed by atoms with E-state index in [4.69, 9.17) is 10.5 Å². The second kappa shape index (κ2) is 9.66. The van der Waals surface area contributed by atoms with E-state index in [1.807, 2.05) is 36.7 Å². The summed E-state index contributed by atoms with van der Waals surface area (Å²) in [7, 11) is 2.17. The van der Waals surface area contributed by atoms with E-state index >= 15 is 0 Å². The van der Waals surface area contributed by atoms with E-state index in [-0.39, 0.29) is 12.5 Å². The van der Waals surface area contributed by atoms with Crippen LogP contribution in [0.5, 0.6) is 5.75 Å². The summed E-state index contributed by atoms with van der Waals surface area (Å²) in [5, 5.41) is 1.07. The molecule has 0 unspecified atom stereocenters. The number of carbonyl (C=O) groups is 1. The van der Waals surface area contributed by atoms with Crippen LogP contribution >= 0.6 is 0 Å². The zero-order valence-electron chi connectivity index (χ0n) is 21.1. The molecular weight excluding hydrogens is 450 g/mol. The molecule has 4 aromatic rings. The SMILES string of the molecule is CN1CCN(c2ccc(-c3cnc4[nH]cc(-c5ccc(OCC(C)(C)C(N)=O)cc5)c4c3)cc2)CC1. The van der Waals surface area contributed by atoms with Gasteiger partial charge in [-0.2, -0.15) is 0 Å². The first-order valence-corrected chi connectivity index (χ1v) is 12.3. The topological polar surface area (TPSA) is 87.5 Å². The normalized spacial score (nSPS) is 14.8. The fraction of sp³-hybridized carbons (Fsp3) is 0.310. The Balaban J connectivity index is 1.35. The van der Waals surface area contributed by atoms with Crippen molar-refractivity contribution < 1.29 is 9.53 Å². The number of nitrogens with one attached hydrogen (secondary N) is 1. The van der Waals surface area contributed by atoms with Crippen LogP contribution in [0.3, 0.4) is 0 Å². The van der Waals surface area contributed by atoms with Crippen molar-refractivity contribution in [3.63, 3.8) is 0 Å². The summed E-state index contributed by atoms with van der Waals surface area (Å²) in [6.07, 6.45) is 3.91. The van der Waals surface area contributed by atoms with Crippen LogP contribution in [0.2, 0.25) is 0 Å². The van der Waals surface area contributed by atoms with Crippen molar-refractivity contribution in [1.29, 1.82) is 0 Å². The number of primary amides is 1. The highest BCUT2D eigenvalue weighted by Crippen LogP contribution is 2.33. The molecule has 1 fully saturated rings. The van der Waals surface area contributed by atoms with Gasteiger partial charge in [0.05, 0.1) is 5.41 Å². The predicted octanol–water partition coefficient (Wildman–Crippen LogP) is 4.54. The van der Waals surface area contributed by atoms with Crippen molar-refractivity contribution in [2.75, 3.05) is 44.7 Å². The van der Waals surface area contributed by atoms with Gasteiger partial charge in [0.2, 0.25) is 5.91 Å². The summed E-state index contributed by atoms with van der Waals surface area (Å²) in [4.78, 5) is 24.3. The average molecular weight is 484 g/mol. The fourth-order valence-electron chi connectivity index (χ4n) is 4.40. The highest BCUT2D eigenvalue weighted by Gasteiger charge is 2.26. The highest BCUT2D eigenvalue weighted by molar-refractivity contribution is 5.95. The van der Waals surface area contributed by atoms with Gasteiger partial charge in [-0.25, -0.2) is 4.98 Å². The smallest absolute Gasteiger partial charge is 0.226 e. The third-order valence-corrected chi connectivity index (χ3v) is 7.03. The number of aromatic amines is 1. The molecule has 1 aliphatic rings. The molecule has 0 bridgehead atoms. The largest absolute Gasteiger partial charge is 0.492 e. The molecule has 0 radical (unpaired) electrons. The minimum Gasteiger partial charge on any atom is -0.492 e. The Hall–Kier alpha value is -3.84. The predicted molar refractivity (Wildman–Crippen MR) is 145 cm³/mol. The molecule has 1 saturated heterocycles. The lowest BCUT2D eigenvalue weighted by Gasteiger charge is -2.34. The lowest BCUT2D eigenvalue weighted by Crippen LogP contribution is -2.44. The third-order valence-electron chi connectivity index (χ3n) is 7.03. The lowest BCUT2D eigenvalue weighted by atomic mass is 9.94. The number of likely N-dealkylation sites (N-methyl/N-ethyl adjacent to an activating group) is 1. The van der Waals surface area contributed by atoms with E-state index in [1.54, 1.807) is 13.8 Å². The number of rotatable bonds is 7. The van der Waals surface area contributed by atoms with E-state index in [2.05, 4.69) is 57.1 Å². The molecule has 1 amide bonds. The van der Waals surface area contributed by atoms with Crippen molar-refractivity contribution >= 4 is 22.6 Å². The number of nitrogens with zero attached hydrogens (tertiary/aromatic N) is 3. The van der Waals surface area contributed by atoms with E-state index in [1.165, 1.54) is 5.69 Å². The van der Waals surface area contributed by atoms with Gasteiger partial charge in [-0.05, 0) is 62.4 Å². The van der Waals surface area contributed by atoms with Gasteiger partial charge in [-0.15, -0.1) is 0 Å². The number of hydrogen-bond acceptors (Lipinski definition) is 5. The first-order valence-electron chi connectivity index (χ1n) is 12.3. The van der Waals surface area contributed by atoms with E-state index in [0.29, 0.717) is 5.75 Å². The number of piperazine rings is 1. The Morgan fingerprint density at radius 3 is 2.33 bits per heavy atom. The molecule has 36 heavy (non-hydrogen) atoms. The first kappa shape index (κ1) is 23.9. The molecule has 0 atom stereocenters. The monoisotopic (exact) mass is 483 g/mol. The summed E-state index contributed by atoms with van der Waals surface area (Å²) >= 11 is 0. The van der Waals surface area contributed by atoms with Gasteiger partial charge in [-0.1, -0.05) is 24.3 Å².